The fourth-order valence-electron chi connectivity index (χ4n) is 3.43. The number of nitrogen functional groups attached to an aromatic ring is 1. The van der Waals surface area contributed by atoms with E-state index in [1.165, 1.54) is 6.33 Å². The summed E-state index contributed by atoms with van der Waals surface area (Å²) in [6.45, 7) is 6.18. The third kappa shape index (κ3) is 7.16. The van der Waals surface area contributed by atoms with Gasteiger partial charge in [0.25, 0.3) is 5.91 Å². The summed E-state index contributed by atoms with van der Waals surface area (Å²) < 4.78 is 5.42. The second-order valence-electron chi connectivity index (χ2n) is 9.30. The number of primary amides is 1. The second-order valence-corrected chi connectivity index (χ2v) is 9.30. The number of nitrogens with two attached hydrogens (primary N) is 2. The second kappa shape index (κ2) is 12.3. The van der Waals surface area contributed by atoms with Crippen LogP contribution in [0.4, 0.5) is 28.8 Å². The van der Waals surface area contributed by atoms with Crippen molar-refractivity contribution < 1.29 is 14.1 Å². The first-order valence-corrected chi connectivity index (χ1v) is 11.9. The van der Waals surface area contributed by atoms with Gasteiger partial charge in [0.2, 0.25) is 6.41 Å². The standard InChI is InChI=1S/C26H28N8O2.CH3NO/c1-26(2,3)19-13-20(34-36-19)32-17-9-11-18(12-10-17)33-24-21(23(28)30-14-31-24)22(27)15-5-7-16(8-6-15)25(35)29-4;2-1-3/h5-14,27H,1-4H3,(H,29,35)(H,32,34)(H3,28,30,31,33);1H,(H2,2,3). The highest BCUT2D eigenvalue weighted by atomic mass is 16.5. The Morgan fingerprint density at radius 3 is 2.08 bits per heavy atom. The van der Waals surface area contributed by atoms with Crippen molar-refractivity contribution in [1.82, 2.24) is 20.4 Å². The predicted octanol–water partition coefficient (Wildman–Crippen LogP) is 3.71. The van der Waals surface area contributed by atoms with E-state index in [4.69, 9.17) is 20.5 Å². The van der Waals surface area contributed by atoms with E-state index in [0.29, 0.717) is 28.3 Å². The van der Waals surface area contributed by atoms with E-state index in [1.807, 2.05) is 30.3 Å². The Hall–Kier alpha value is -5.26. The van der Waals surface area contributed by atoms with Gasteiger partial charge in [0.15, 0.2) is 5.82 Å². The molecule has 0 unspecified atom stereocenters. The number of hydrogen-bond acceptors (Lipinski definition) is 10. The topological polar surface area (TPSA) is 198 Å². The fraction of sp³-hybridized carbons (Fsp3) is 0.185. The molecule has 2 amide bonds. The van der Waals surface area contributed by atoms with Gasteiger partial charge in [-0.25, -0.2) is 9.97 Å². The van der Waals surface area contributed by atoms with Crippen molar-refractivity contribution in [2.24, 2.45) is 5.73 Å². The van der Waals surface area contributed by atoms with Crippen LogP contribution in [0.25, 0.3) is 0 Å². The van der Waals surface area contributed by atoms with Crippen LogP contribution in [0.5, 0.6) is 0 Å². The summed E-state index contributed by atoms with van der Waals surface area (Å²) in [6.07, 6.45) is 1.59. The number of rotatable bonds is 7. The number of carbonyl (C=O) groups excluding carboxylic acids is 2. The Morgan fingerprint density at radius 1 is 0.974 bits per heavy atom. The van der Waals surface area contributed by atoms with Crippen LogP contribution in [0.15, 0.2) is 65.4 Å². The summed E-state index contributed by atoms with van der Waals surface area (Å²) in [4.78, 5) is 28.8. The molecular weight excluding hydrogens is 498 g/mol. The van der Waals surface area contributed by atoms with Gasteiger partial charge in [0.1, 0.15) is 23.7 Å². The molecule has 4 rings (SSSR count). The van der Waals surface area contributed by atoms with Crippen molar-refractivity contribution in [3.63, 3.8) is 0 Å². The highest BCUT2D eigenvalue weighted by Crippen LogP contribution is 2.28. The highest BCUT2D eigenvalue weighted by molar-refractivity contribution is 6.16. The van der Waals surface area contributed by atoms with E-state index < -0.39 is 0 Å². The minimum absolute atomic E-state index is 0.127. The van der Waals surface area contributed by atoms with E-state index in [9.17, 15) is 4.79 Å². The zero-order valence-electron chi connectivity index (χ0n) is 22.1. The average Bonchev–Trinajstić information content (AvgIpc) is 3.39. The van der Waals surface area contributed by atoms with Crippen LogP contribution in [0.2, 0.25) is 0 Å². The van der Waals surface area contributed by atoms with Crippen molar-refractivity contribution >= 4 is 46.9 Å². The van der Waals surface area contributed by atoms with Crippen LogP contribution in [-0.4, -0.2) is 40.2 Å². The van der Waals surface area contributed by atoms with Gasteiger partial charge in [-0.05, 0) is 36.4 Å². The molecule has 2 heterocycles. The molecule has 202 valence electrons. The Kier molecular flexibility index (Phi) is 8.94. The van der Waals surface area contributed by atoms with Crippen LogP contribution in [0.3, 0.4) is 0 Å². The Labute approximate surface area is 225 Å². The van der Waals surface area contributed by atoms with Crippen molar-refractivity contribution in [2.75, 3.05) is 23.4 Å². The number of anilines is 5. The lowest BCUT2D eigenvalue weighted by Crippen LogP contribution is -2.18. The summed E-state index contributed by atoms with van der Waals surface area (Å²) in [5, 5.41) is 21.8. The number of benzene rings is 2. The predicted molar refractivity (Wildman–Crippen MR) is 151 cm³/mol. The van der Waals surface area contributed by atoms with Gasteiger partial charge in [-0.2, -0.15) is 0 Å². The zero-order valence-corrected chi connectivity index (χ0v) is 22.1. The molecule has 0 spiro atoms. The number of amides is 2. The SMILES string of the molecule is CNC(=O)c1ccc(C(=N)c2c(N)ncnc2Nc2ccc(Nc3cc(C(C)(C)C)on3)cc2)cc1.NC=O. The molecule has 0 aliphatic carbocycles. The van der Waals surface area contributed by atoms with Crippen LogP contribution >= 0.6 is 0 Å². The van der Waals surface area contributed by atoms with Crippen molar-refractivity contribution in [2.45, 2.75) is 26.2 Å². The molecule has 0 saturated carbocycles. The van der Waals surface area contributed by atoms with Crippen molar-refractivity contribution in [1.29, 1.82) is 5.41 Å². The highest BCUT2D eigenvalue weighted by Gasteiger charge is 2.20. The molecule has 0 aliphatic rings. The molecule has 12 heteroatoms. The van der Waals surface area contributed by atoms with E-state index in [-0.39, 0.29) is 29.3 Å². The van der Waals surface area contributed by atoms with E-state index in [0.717, 1.165) is 17.1 Å². The minimum Gasteiger partial charge on any atom is -0.383 e. The number of aromatic nitrogens is 3. The number of nitrogens with one attached hydrogen (secondary N) is 4. The van der Waals surface area contributed by atoms with Gasteiger partial charge in [0, 0.05) is 41.0 Å². The first kappa shape index (κ1) is 28.3. The maximum Gasteiger partial charge on any atom is 0.251 e. The maximum atomic E-state index is 11.8. The molecular formula is C27H31N9O3. The minimum atomic E-state index is -0.200. The number of nitrogens with zero attached hydrogens (tertiary/aromatic N) is 3. The summed E-state index contributed by atoms with van der Waals surface area (Å²) >= 11 is 0. The van der Waals surface area contributed by atoms with E-state index in [2.05, 4.69) is 57.6 Å². The molecule has 2 aromatic heterocycles. The van der Waals surface area contributed by atoms with E-state index in [1.54, 1.807) is 31.3 Å². The summed E-state index contributed by atoms with van der Waals surface area (Å²) in [7, 11) is 1.57. The molecule has 2 aromatic carbocycles. The van der Waals surface area contributed by atoms with Crippen molar-refractivity contribution in [3.8, 4) is 0 Å². The summed E-state index contributed by atoms with van der Waals surface area (Å²) in [6, 6.07) is 16.1. The van der Waals surface area contributed by atoms with Gasteiger partial charge >= 0.3 is 0 Å². The molecule has 0 radical (unpaired) electrons. The van der Waals surface area contributed by atoms with Crippen LogP contribution in [-0.2, 0) is 10.2 Å². The van der Waals surface area contributed by atoms with Gasteiger partial charge in [-0.3, -0.25) is 15.0 Å². The zero-order chi connectivity index (χ0) is 28.6. The third-order valence-electron chi connectivity index (χ3n) is 5.46. The monoisotopic (exact) mass is 529 g/mol. The van der Waals surface area contributed by atoms with Gasteiger partial charge in [-0.15, -0.1) is 0 Å². The molecule has 12 nitrogen and oxygen atoms in total. The Morgan fingerprint density at radius 2 is 1.54 bits per heavy atom. The molecule has 0 bridgehead atoms. The lowest BCUT2D eigenvalue weighted by Gasteiger charge is -2.14. The molecule has 8 N–H and O–H groups in total. The van der Waals surface area contributed by atoms with Crippen LogP contribution in [0, 0.1) is 5.41 Å². The average molecular weight is 530 g/mol. The fourth-order valence-corrected chi connectivity index (χ4v) is 3.43. The van der Waals surface area contributed by atoms with Gasteiger partial charge in [0.05, 0.1) is 11.3 Å². The molecule has 4 aromatic rings. The normalized spacial score (nSPS) is 10.6. The van der Waals surface area contributed by atoms with E-state index >= 15 is 0 Å². The quantitative estimate of drug-likeness (QED) is 0.153. The molecule has 39 heavy (non-hydrogen) atoms. The molecule has 0 fully saturated rings. The molecule has 0 atom stereocenters. The van der Waals surface area contributed by atoms with Crippen LogP contribution < -0.4 is 27.4 Å². The van der Waals surface area contributed by atoms with Crippen molar-refractivity contribution in [3.05, 3.63) is 83.4 Å². The smallest absolute Gasteiger partial charge is 0.251 e. The number of hydrogen-bond donors (Lipinski definition) is 6. The molecule has 0 aliphatic heterocycles. The third-order valence-corrected chi connectivity index (χ3v) is 5.46. The summed E-state index contributed by atoms with van der Waals surface area (Å²) in [5.74, 6) is 1.79. The molecule has 0 saturated heterocycles. The largest absolute Gasteiger partial charge is 0.383 e. The first-order chi connectivity index (χ1) is 18.6. The maximum absolute atomic E-state index is 11.8. The lowest BCUT2D eigenvalue weighted by molar-refractivity contribution is -0.106. The Balaban J connectivity index is 0.00000134. The first-order valence-electron chi connectivity index (χ1n) is 11.9. The Bertz CT molecular complexity index is 1440. The summed E-state index contributed by atoms with van der Waals surface area (Å²) in [5.41, 5.74) is 13.3. The van der Waals surface area contributed by atoms with Crippen LogP contribution in [0.1, 0.15) is 48.0 Å². The van der Waals surface area contributed by atoms with Gasteiger partial charge in [-0.1, -0.05) is 38.1 Å². The van der Waals surface area contributed by atoms with Gasteiger partial charge < -0.3 is 31.9 Å². The lowest BCUT2D eigenvalue weighted by atomic mass is 9.93. The number of carbonyl (C=O) groups is 2.